The zero-order chi connectivity index (χ0) is 42.2. The van der Waals surface area contributed by atoms with Crippen LogP contribution in [0.2, 0.25) is 0 Å². The van der Waals surface area contributed by atoms with Gasteiger partial charge in [0, 0.05) is 79.5 Å². The second-order valence-corrected chi connectivity index (χ2v) is 26.9. The Balaban J connectivity index is 1.05. The molecule has 66 heavy (non-hydrogen) atoms. The second kappa shape index (κ2) is 10.2. The highest BCUT2D eigenvalue weighted by molar-refractivity contribution is 7.30. The minimum atomic E-state index is -2.96. The van der Waals surface area contributed by atoms with Gasteiger partial charge in [-0.15, -0.1) is 0 Å². The third-order valence-corrected chi connectivity index (χ3v) is 27.5. The lowest BCUT2D eigenvalue weighted by Crippen LogP contribution is -3.02. The summed E-state index contributed by atoms with van der Waals surface area (Å²) in [5, 5.41) is 11.6. The van der Waals surface area contributed by atoms with Crippen LogP contribution >= 0.6 is 0 Å². The van der Waals surface area contributed by atoms with E-state index in [1.807, 2.05) is 0 Å². The zero-order valence-corrected chi connectivity index (χ0v) is 37.1. The predicted molar refractivity (Wildman–Crippen MR) is 267 cm³/mol. The summed E-state index contributed by atoms with van der Waals surface area (Å²) in [6, 6.07) is 56.1. The summed E-state index contributed by atoms with van der Waals surface area (Å²) in [5.41, 5.74) is 21.3. The molecule has 3 spiro atoms. The van der Waals surface area contributed by atoms with E-state index in [-0.39, 0.29) is 13.4 Å². The Kier molecular flexibility index (Phi) is 5.07. The first-order valence-electron chi connectivity index (χ1n) is 23.2. The van der Waals surface area contributed by atoms with E-state index in [0.29, 0.717) is 4.70 Å². The van der Waals surface area contributed by atoms with E-state index in [9.17, 15) is 0 Å². The van der Waals surface area contributed by atoms with Gasteiger partial charge in [0.2, 0.25) is 35.1 Å². The van der Waals surface area contributed by atoms with E-state index in [1.165, 1.54) is 130 Å². The number of fused-ring (bicyclic) bond motifs is 16. The van der Waals surface area contributed by atoms with Crippen LogP contribution in [-0.2, 0) is 0 Å². The lowest BCUT2D eigenvalue weighted by atomic mass is 9.38. The highest BCUT2D eigenvalue weighted by atomic mass is 28.3. The van der Waals surface area contributed by atoms with E-state index < -0.39 is 16.1 Å². The van der Waals surface area contributed by atoms with Gasteiger partial charge < -0.3 is 4.74 Å². The molecule has 0 bridgehead atoms. The van der Waals surface area contributed by atoms with Gasteiger partial charge in [-0.25, -0.2) is 0 Å². The van der Waals surface area contributed by atoms with Crippen molar-refractivity contribution in [2.24, 2.45) is 0 Å². The van der Waals surface area contributed by atoms with Crippen LogP contribution < -0.4 is 93.3 Å². The van der Waals surface area contributed by atoms with Crippen molar-refractivity contribution < 1.29 is 14.1 Å². The maximum atomic E-state index is 7.59. The molecule has 0 N–H and O–H groups in total. The molecule has 6 nitrogen and oxygen atoms in total. The molecule has 296 valence electrons. The van der Waals surface area contributed by atoms with Gasteiger partial charge in [0.25, 0.3) is 11.4 Å². The van der Waals surface area contributed by atoms with Gasteiger partial charge in [-0.05, 0) is 88.0 Å². The van der Waals surface area contributed by atoms with E-state index in [1.54, 1.807) is 0 Å². The number of nitrogens with zero attached hydrogens (tertiary/aromatic N) is 5. The third kappa shape index (κ3) is 2.93. The monoisotopic (exact) mass is 866 g/mol. The van der Waals surface area contributed by atoms with E-state index in [4.69, 9.17) is 14.7 Å². The number of quaternary nitrogens is 1. The number of hydrogen-bond acceptors (Lipinski definition) is 3. The van der Waals surface area contributed by atoms with Crippen LogP contribution in [0.4, 0.5) is 11.4 Å². The number of rotatable bonds is 0. The molecule has 10 heteroatoms. The summed E-state index contributed by atoms with van der Waals surface area (Å²) < 4.78 is 13.3. The summed E-state index contributed by atoms with van der Waals surface area (Å²) in [7, 11) is -5.92. The summed E-state index contributed by atoms with van der Waals surface area (Å²) in [6.07, 6.45) is 13.6. The molecule has 0 saturated heterocycles. The van der Waals surface area contributed by atoms with Crippen LogP contribution in [0.3, 0.4) is 0 Å². The number of ether oxygens (including phenoxy) is 1. The number of pyridine rings is 4. The molecule has 19 rings (SSSR count). The van der Waals surface area contributed by atoms with Gasteiger partial charge in [-0.3, -0.25) is 9.97 Å². The Morgan fingerprint density at radius 3 is 1.18 bits per heavy atom. The van der Waals surface area contributed by atoms with Gasteiger partial charge in [0.1, 0.15) is 0 Å². The molecule has 0 amide bonds. The fraction of sp³-hybridized carbons (Fsp3) is 0. The standard InChI is InChI=1S/C56H30B2N5OSi2/c1-5-17-41-31(11-1)32-12-2-6-18-42(32)65(41)45-23-21-39-53-51(45)57-49-37(27-59-29-47(49)65)35-15-9-25-61(55(35)57)63(53)54-40(64-39)22-24-46-52(54)58-50-38(36-16-10-26-62(63)56(36)58)28-60-30-48(50)66(46)43-19-7-3-13-33(43)34-14-4-8-20-44(34)66/h1-30H/q+3. The molecular weight excluding hydrogens is 836 g/mol. The Labute approximate surface area is 381 Å². The fourth-order valence-electron chi connectivity index (χ4n) is 15.9. The van der Waals surface area contributed by atoms with Crippen molar-refractivity contribution in [1.82, 2.24) is 14.7 Å². The van der Waals surface area contributed by atoms with Crippen LogP contribution in [0.5, 0.6) is 11.5 Å². The van der Waals surface area contributed by atoms with Crippen molar-refractivity contribution >= 4 is 115 Å². The van der Waals surface area contributed by atoms with Crippen LogP contribution in [0.15, 0.2) is 183 Å². The molecule has 4 aromatic heterocycles. The van der Waals surface area contributed by atoms with Crippen molar-refractivity contribution in [2.45, 2.75) is 0 Å². The minimum absolute atomic E-state index is 0.0167. The molecule has 0 saturated carbocycles. The van der Waals surface area contributed by atoms with Crippen molar-refractivity contribution in [2.75, 3.05) is 0 Å². The van der Waals surface area contributed by atoms with Crippen LogP contribution in [0.25, 0.3) is 44.5 Å². The van der Waals surface area contributed by atoms with Gasteiger partial charge >= 0.3 is 13.4 Å². The van der Waals surface area contributed by atoms with E-state index in [0.717, 1.165) is 11.5 Å². The van der Waals surface area contributed by atoms with Gasteiger partial charge in [-0.1, -0.05) is 120 Å². The lowest BCUT2D eigenvalue weighted by Gasteiger charge is -2.45. The van der Waals surface area contributed by atoms with Crippen LogP contribution in [0.1, 0.15) is 0 Å². The first-order chi connectivity index (χ1) is 32.8. The number of aromatic nitrogens is 4. The molecule has 0 aliphatic carbocycles. The maximum absolute atomic E-state index is 7.59. The minimum Gasteiger partial charge on any atom is -0.444 e. The SMILES string of the molecule is c1ccc2c(c1)-c1ccccc1[Si]21c2cncc3c2B2c4c1ccc1c4[N+]4(c5c(ccc6c5B5c7c(cncc7[Si]67c6ccccc6-c6ccccc67)-c6ccc[n+]4c65)O1)[n+]1cccc-3c12. The van der Waals surface area contributed by atoms with E-state index in [2.05, 4.69) is 192 Å². The number of benzene rings is 6. The smallest absolute Gasteiger partial charge is 0.342 e. The highest BCUT2D eigenvalue weighted by Crippen LogP contribution is 2.51. The van der Waals surface area contributed by atoms with Crippen molar-refractivity contribution in [3.8, 4) is 56.0 Å². The molecular formula is C56H30B2N5OSi2+3. The Morgan fingerprint density at radius 1 is 0.364 bits per heavy atom. The molecule has 6 aromatic carbocycles. The quantitative estimate of drug-likeness (QED) is 0.120. The predicted octanol–water partition coefficient (Wildman–Crippen LogP) is -0.315. The topological polar surface area (TPSA) is 42.8 Å². The Morgan fingerprint density at radius 2 is 0.758 bits per heavy atom. The van der Waals surface area contributed by atoms with E-state index >= 15 is 0 Å². The third-order valence-electron chi connectivity index (χ3n) is 17.6. The molecule has 0 radical (unpaired) electrons. The first-order valence-corrected chi connectivity index (χ1v) is 27.2. The van der Waals surface area contributed by atoms with Gasteiger partial charge in [0.15, 0.2) is 20.8 Å². The summed E-state index contributed by atoms with van der Waals surface area (Å²) >= 11 is 0. The normalized spacial score (nSPS) is 17.2. The Bertz CT molecular complexity index is 3820. The largest absolute Gasteiger partial charge is 0.444 e. The van der Waals surface area contributed by atoms with Crippen LogP contribution in [0, 0.1) is 0 Å². The first kappa shape index (κ1) is 32.8. The van der Waals surface area contributed by atoms with Crippen molar-refractivity contribution in [1.29, 1.82) is 0 Å². The molecule has 13 heterocycles. The molecule has 0 unspecified atom stereocenters. The summed E-state index contributed by atoms with van der Waals surface area (Å²) in [5.74, 6) is 1.86. The average Bonchev–Trinajstić information content (AvgIpc) is 4.09. The summed E-state index contributed by atoms with van der Waals surface area (Å²) in [4.78, 5) is 10.4. The fourth-order valence-corrected chi connectivity index (χ4v) is 27.1. The van der Waals surface area contributed by atoms with Gasteiger partial charge in [-0.2, -0.15) is 0 Å². The molecule has 9 aliphatic heterocycles. The van der Waals surface area contributed by atoms with Gasteiger partial charge in [0.05, 0.1) is 0 Å². The molecule has 0 fully saturated rings. The van der Waals surface area contributed by atoms with Crippen molar-refractivity contribution in [3.05, 3.63) is 183 Å². The Hall–Kier alpha value is -7.76. The lowest BCUT2D eigenvalue weighted by molar-refractivity contribution is -1.03. The molecule has 10 aromatic rings. The van der Waals surface area contributed by atoms with Crippen LogP contribution in [-0.4, -0.2) is 39.5 Å². The maximum Gasteiger partial charge on any atom is 0.342 e. The number of hydrogen-bond donors (Lipinski definition) is 0. The highest BCUT2D eigenvalue weighted by Gasteiger charge is 2.78. The average molecular weight is 867 g/mol. The van der Waals surface area contributed by atoms with Crippen molar-refractivity contribution in [3.63, 3.8) is 0 Å². The zero-order valence-electron chi connectivity index (χ0n) is 35.1. The second-order valence-electron chi connectivity index (χ2n) is 19.6. The molecule has 0 atom stereocenters. The molecule has 9 aliphatic rings. The summed E-state index contributed by atoms with van der Waals surface area (Å²) in [6.45, 7) is 0.0334.